The quantitative estimate of drug-likeness (QED) is 0.520. The van der Waals surface area contributed by atoms with Gasteiger partial charge in [-0.25, -0.2) is 33.3 Å². The molecule has 2 aromatic heterocycles. The molecule has 0 aromatic carbocycles. The average Bonchev–Trinajstić information content (AvgIpc) is 2.91. The minimum absolute atomic E-state index is 0.0236. The lowest BCUT2D eigenvalue weighted by molar-refractivity contribution is -0.0759. The first kappa shape index (κ1) is 29.2. The van der Waals surface area contributed by atoms with Gasteiger partial charge in [0.15, 0.2) is 5.82 Å². The SMILES string of the molecule is CCOc1cnc(NC(=O)N(C)[C@H]2CN(c3cc(NC(=O)OC4(C)CCN(C)CC4)ccn3)CCC2(F)F)cn1. The summed E-state index contributed by atoms with van der Waals surface area (Å²) in [5.74, 6) is -2.33. The number of likely N-dealkylation sites (tertiary alicyclic amines) is 1. The number of rotatable bonds is 7. The van der Waals surface area contributed by atoms with Gasteiger partial charge in [-0.15, -0.1) is 0 Å². The summed E-state index contributed by atoms with van der Waals surface area (Å²) in [7, 11) is 3.34. The van der Waals surface area contributed by atoms with Crippen molar-refractivity contribution in [2.45, 2.75) is 50.7 Å². The van der Waals surface area contributed by atoms with Crippen molar-refractivity contribution >= 4 is 29.4 Å². The first-order chi connectivity index (χ1) is 19.0. The van der Waals surface area contributed by atoms with Gasteiger partial charge in [-0.1, -0.05) is 0 Å². The summed E-state index contributed by atoms with van der Waals surface area (Å²) in [5, 5.41) is 5.22. The number of aromatic nitrogens is 3. The number of amides is 3. The number of alkyl halides is 2. The predicted octanol–water partition coefficient (Wildman–Crippen LogP) is 3.68. The number of likely N-dealkylation sites (N-methyl/N-ethyl adjacent to an activating group) is 1. The standard InChI is InChI=1S/C26H36F2N8O4/c1-5-39-22-16-30-20(15-31-22)33-23(37)35(4)19-17-36(13-9-26(19,27)28)21-14-18(6-10-29-21)32-24(38)40-25(2)7-11-34(3)12-8-25/h6,10,14-16,19H,5,7-9,11-13,17H2,1-4H3,(H,29,32,38)(H,30,33,37)/t19-/m0/s1. The summed E-state index contributed by atoms with van der Waals surface area (Å²) in [6.07, 6.45) is 4.52. The summed E-state index contributed by atoms with van der Waals surface area (Å²) in [4.78, 5) is 42.6. The Morgan fingerprint density at radius 1 is 1.12 bits per heavy atom. The molecule has 12 nitrogen and oxygen atoms in total. The Labute approximate surface area is 232 Å². The van der Waals surface area contributed by atoms with Crippen molar-refractivity contribution in [3.05, 3.63) is 30.7 Å². The molecule has 3 amide bonds. The van der Waals surface area contributed by atoms with Crippen LogP contribution in [-0.4, -0.2) is 101 Å². The number of pyridine rings is 1. The van der Waals surface area contributed by atoms with Crippen LogP contribution < -0.4 is 20.3 Å². The van der Waals surface area contributed by atoms with E-state index in [0.717, 1.165) is 30.8 Å². The zero-order valence-corrected chi connectivity index (χ0v) is 23.2. The van der Waals surface area contributed by atoms with E-state index in [1.807, 2.05) is 14.0 Å². The number of nitrogens with zero attached hydrogens (tertiary/aromatic N) is 6. The van der Waals surface area contributed by atoms with Gasteiger partial charge in [0.05, 0.1) is 19.0 Å². The number of hydrogen-bond acceptors (Lipinski definition) is 9. The lowest BCUT2D eigenvalue weighted by Gasteiger charge is -2.42. The lowest BCUT2D eigenvalue weighted by atomic mass is 9.94. The maximum absolute atomic E-state index is 15.0. The predicted molar refractivity (Wildman–Crippen MR) is 145 cm³/mol. The second kappa shape index (κ2) is 12.1. The summed E-state index contributed by atoms with van der Waals surface area (Å²) >= 11 is 0. The molecule has 14 heteroatoms. The van der Waals surface area contributed by atoms with Crippen molar-refractivity contribution in [3.8, 4) is 5.88 Å². The summed E-state index contributed by atoms with van der Waals surface area (Å²) < 4.78 is 40.9. The lowest BCUT2D eigenvalue weighted by Crippen LogP contribution is -2.60. The molecule has 0 bridgehead atoms. The molecule has 4 rings (SSSR count). The Morgan fingerprint density at radius 3 is 2.55 bits per heavy atom. The van der Waals surface area contributed by atoms with E-state index in [2.05, 4.69) is 30.5 Å². The fourth-order valence-electron chi connectivity index (χ4n) is 4.67. The molecule has 0 radical (unpaired) electrons. The van der Waals surface area contributed by atoms with Crippen LogP contribution in [0.2, 0.25) is 0 Å². The Balaban J connectivity index is 1.39. The highest BCUT2D eigenvalue weighted by Crippen LogP contribution is 2.34. The van der Waals surface area contributed by atoms with Gasteiger partial charge in [0.1, 0.15) is 17.5 Å². The van der Waals surface area contributed by atoms with Crippen LogP contribution >= 0.6 is 0 Å². The normalized spacial score (nSPS) is 20.4. The molecular formula is C26H36F2N8O4. The highest BCUT2D eigenvalue weighted by atomic mass is 19.3. The van der Waals surface area contributed by atoms with Crippen LogP contribution in [0.25, 0.3) is 0 Å². The third kappa shape index (κ3) is 7.23. The van der Waals surface area contributed by atoms with Gasteiger partial charge in [0, 0.05) is 57.6 Å². The van der Waals surface area contributed by atoms with Gasteiger partial charge in [-0.3, -0.25) is 10.6 Å². The number of urea groups is 1. The van der Waals surface area contributed by atoms with E-state index in [1.54, 1.807) is 24.0 Å². The average molecular weight is 563 g/mol. The van der Waals surface area contributed by atoms with E-state index in [4.69, 9.17) is 9.47 Å². The molecule has 0 aliphatic carbocycles. The topological polar surface area (TPSA) is 125 Å². The molecule has 218 valence electrons. The number of hydrogen-bond donors (Lipinski definition) is 2. The number of carbonyl (C=O) groups excluding carboxylic acids is 2. The molecule has 1 atom stereocenters. The van der Waals surface area contributed by atoms with Gasteiger partial charge in [0.2, 0.25) is 5.88 Å². The van der Waals surface area contributed by atoms with E-state index < -0.39 is 36.1 Å². The molecule has 0 saturated carbocycles. The molecule has 40 heavy (non-hydrogen) atoms. The Hall–Kier alpha value is -3.81. The van der Waals surface area contributed by atoms with Crippen LogP contribution in [0.3, 0.4) is 0 Å². The van der Waals surface area contributed by atoms with Gasteiger partial charge < -0.3 is 24.2 Å². The van der Waals surface area contributed by atoms with Crippen LogP contribution in [0.5, 0.6) is 5.88 Å². The van der Waals surface area contributed by atoms with Gasteiger partial charge in [-0.2, -0.15) is 0 Å². The van der Waals surface area contributed by atoms with Crippen LogP contribution in [0.1, 0.15) is 33.1 Å². The van der Waals surface area contributed by atoms with Crippen molar-refractivity contribution in [1.29, 1.82) is 0 Å². The number of nitrogens with one attached hydrogen (secondary N) is 2. The highest BCUT2D eigenvalue weighted by molar-refractivity contribution is 5.88. The van der Waals surface area contributed by atoms with Crippen molar-refractivity contribution in [2.24, 2.45) is 0 Å². The molecule has 0 spiro atoms. The van der Waals surface area contributed by atoms with Crippen LogP contribution in [0.4, 0.5) is 35.7 Å². The van der Waals surface area contributed by atoms with E-state index in [9.17, 15) is 18.4 Å². The molecular weight excluding hydrogens is 526 g/mol. The number of anilines is 3. The Morgan fingerprint density at radius 2 is 1.88 bits per heavy atom. The fraction of sp³-hybridized carbons (Fsp3) is 0.577. The summed E-state index contributed by atoms with van der Waals surface area (Å²) in [6.45, 7) is 5.66. The number of piperidine rings is 2. The highest BCUT2D eigenvalue weighted by Gasteiger charge is 2.48. The van der Waals surface area contributed by atoms with E-state index in [1.165, 1.54) is 25.6 Å². The van der Waals surface area contributed by atoms with Crippen LogP contribution in [-0.2, 0) is 4.74 Å². The molecule has 2 aliphatic rings. The van der Waals surface area contributed by atoms with E-state index in [-0.39, 0.29) is 24.8 Å². The van der Waals surface area contributed by atoms with Gasteiger partial charge >= 0.3 is 12.1 Å². The molecule has 2 saturated heterocycles. The molecule has 4 heterocycles. The smallest absolute Gasteiger partial charge is 0.412 e. The van der Waals surface area contributed by atoms with Gasteiger partial charge in [0.25, 0.3) is 5.92 Å². The largest absolute Gasteiger partial charge is 0.477 e. The second-order valence-corrected chi connectivity index (χ2v) is 10.4. The first-order valence-corrected chi connectivity index (χ1v) is 13.2. The minimum atomic E-state index is -3.13. The molecule has 2 aromatic rings. The fourth-order valence-corrected chi connectivity index (χ4v) is 4.67. The van der Waals surface area contributed by atoms with Gasteiger partial charge in [-0.05, 0) is 39.8 Å². The van der Waals surface area contributed by atoms with E-state index >= 15 is 0 Å². The van der Waals surface area contributed by atoms with Crippen molar-refractivity contribution in [2.75, 3.05) is 62.4 Å². The number of halogens is 2. The zero-order chi connectivity index (χ0) is 28.9. The maximum Gasteiger partial charge on any atom is 0.412 e. The summed E-state index contributed by atoms with van der Waals surface area (Å²) in [5.41, 5.74) is -0.124. The van der Waals surface area contributed by atoms with E-state index in [0.29, 0.717) is 18.1 Å². The van der Waals surface area contributed by atoms with Crippen LogP contribution in [0, 0.1) is 0 Å². The minimum Gasteiger partial charge on any atom is -0.477 e. The number of ether oxygens (including phenoxy) is 2. The van der Waals surface area contributed by atoms with Crippen molar-refractivity contribution in [1.82, 2.24) is 24.8 Å². The molecule has 0 unspecified atom stereocenters. The second-order valence-electron chi connectivity index (χ2n) is 10.4. The van der Waals surface area contributed by atoms with Crippen molar-refractivity contribution < 1.29 is 27.8 Å². The first-order valence-electron chi connectivity index (χ1n) is 13.2. The maximum atomic E-state index is 15.0. The van der Waals surface area contributed by atoms with Crippen LogP contribution in [0.15, 0.2) is 30.7 Å². The molecule has 2 fully saturated rings. The van der Waals surface area contributed by atoms with Crippen molar-refractivity contribution in [3.63, 3.8) is 0 Å². The molecule has 2 aliphatic heterocycles. The monoisotopic (exact) mass is 562 g/mol. The zero-order valence-electron chi connectivity index (χ0n) is 23.2. The summed E-state index contributed by atoms with van der Waals surface area (Å²) in [6, 6.07) is 1.02. The third-order valence-electron chi connectivity index (χ3n) is 7.24. The Bertz CT molecular complexity index is 1180. The Kier molecular flexibility index (Phi) is 8.86. The number of carbonyl (C=O) groups is 2. The third-order valence-corrected chi connectivity index (χ3v) is 7.24. The molecule has 2 N–H and O–H groups in total.